The monoisotopic (exact) mass is 496 g/mol. The number of benzene rings is 2. The highest BCUT2D eigenvalue weighted by Gasteiger charge is 2.53. The Bertz CT molecular complexity index is 1110. The molecule has 1 amide bonds. The second-order valence-corrected chi connectivity index (χ2v) is 12.7. The molecule has 0 aromatic heterocycles. The average molecular weight is 497 g/mol. The zero-order valence-electron chi connectivity index (χ0n) is 20.7. The van der Waals surface area contributed by atoms with Crippen LogP contribution in [0.4, 0.5) is 5.69 Å². The molecule has 6 nitrogen and oxygen atoms in total. The van der Waals surface area contributed by atoms with Gasteiger partial charge in [0.05, 0.1) is 10.6 Å². The molecule has 7 heteroatoms. The standard InChI is InChI=1S/C28H36N2O4S/c1-3-30(24-7-5-4-6-8-24)35(32,33)26-11-9-25(10-12-26)34-19-27(31)29-20(2)28-16-21-13-22(17-28)15-23(14-21)18-28/h4-12,20-23H,3,13-19H2,1-2H3,(H,29,31)/t20-,21?,22?,23?,28?/m1/s1. The Hall–Kier alpha value is -2.54. The molecular weight excluding hydrogens is 460 g/mol. The maximum absolute atomic E-state index is 13.1. The number of amides is 1. The van der Waals surface area contributed by atoms with E-state index in [0.29, 0.717) is 18.0 Å². The van der Waals surface area contributed by atoms with Crippen molar-refractivity contribution in [3.63, 3.8) is 0 Å². The van der Waals surface area contributed by atoms with Gasteiger partial charge in [-0.1, -0.05) is 18.2 Å². The molecule has 0 radical (unpaired) electrons. The van der Waals surface area contributed by atoms with E-state index in [1.165, 1.54) is 55.0 Å². The smallest absolute Gasteiger partial charge is 0.264 e. The summed E-state index contributed by atoms with van der Waals surface area (Å²) in [5, 5.41) is 3.22. The Balaban J connectivity index is 1.18. The molecule has 4 saturated carbocycles. The van der Waals surface area contributed by atoms with Gasteiger partial charge >= 0.3 is 0 Å². The lowest BCUT2D eigenvalue weighted by Gasteiger charge is -2.59. The van der Waals surface area contributed by atoms with Crippen molar-refractivity contribution in [1.29, 1.82) is 0 Å². The van der Waals surface area contributed by atoms with Crippen LogP contribution >= 0.6 is 0 Å². The van der Waals surface area contributed by atoms with E-state index < -0.39 is 10.0 Å². The van der Waals surface area contributed by atoms with E-state index in [-0.39, 0.29) is 28.9 Å². The Morgan fingerprint density at radius 1 is 1.00 bits per heavy atom. The minimum atomic E-state index is -3.69. The maximum atomic E-state index is 13.1. The summed E-state index contributed by atoms with van der Waals surface area (Å²) in [7, 11) is -3.69. The third-order valence-electron chi connectivity index (χ3n) is 8.49. The van der Waals surface area contributed by atoms with Crippen molar-refractivity contribution in [3.8, 4) is 5.75 Å². The fourth-order valence-corrected chi connectivity index (χ4v) is 8.69. The van der Waals surface area contributed by atoms with Crippen LogP contribution < -0.4 is 14.4 Å². The van der Waals surface area contributed by atoms with Crippen LogP contribution in [0.25, 0.3) is 0 Å². The van der Waals surface area contributed by atoms with Crippen molar-refractivity contribution in [2.24, 2.45) is 23.2 Å². The number of rotatable bonds is 9. The maximum Gasteiger partial charge on any atom is 0.264 e. The highest BCUT2D eigenvalue weighted by Crippen LogP contribution is 2.61. The van der Waals surface area contributed by atoms with E-state index in [4.69, 9.17) is 4.74 Å². The third kappa shape index (κ3) is 4.80. The van der Waals surface area contributed by atoms with Gasteiger partial charge in [-0.2, -0.15) is 0 Å². The van der Waals surface area contributed by atoms with Crippen molar-refractivity contribution >= 4 is 21.6 Å². The van der Waals surface area contributed by atoms with Crippen LogP contribution in [0.15, 0.2) is 59.5 Å². The summed E-state index contributed by atoms with van der Waals surface area (Å²) >= 11 is 0. The molecule has 4 aliphatic rings. The van der Waals surface area contributed by atoms with Gasteiger partial charge in [0.2, 0.25) is 0 Å². The van der Waals surface area contributed by atoms with Gasteiger partial charge in [-0.15, -0.1) is 0 Å². The van der Waals surface area contributed by atoms with Crippen molar-refractivity contribution in [2.45, 2.75) is 63.3 Å². The Morgan fingerprint density at radius 3 is 2.11 bits per heavy atom. The molecule has 4 bridgehead atoms. The first kappa shape index (κ1) is 24.2. The highest BCUT2D eigenvalue weighted by molar-refractivity contribution is 7.92. The molecule has 0 spiro atoms. The molecule has 2 aromatic rings. The molecule has 0 unspecified atom stereocenters. The number of nitrogens with one attached hydrogen (secondary N) is 1. The van der Waals surface area contributed by atoms with Gasteiger partial charge in [0.1, 0.15) is 5.75 Å². The average Bonchev–Trinajstić information content (AvgIpc) is 2.83. The number of para-hydroxylation sites is 1. The summed E-state index contributed by atoms with van der Waals surface area (Å²) < 4.78 is 33.4. The first-order valence-electron chi connectivity index (χ1n) is 12.9. The van der Waals surface area contributed by atoms with Crippen LogP contribution in [0, 0.1) is 23.2 Å². The molecule has 1 atom stereocenters. The Kier molecular flexibility index (Phi) is 6.55. The van der Waals surface area contributed by atoms with Gasteiger partial charge in [0.25, 0.3) is 15.9 Å². The number of carbonyl (C=O) groups is 1. The summed E-state index contributed by atoms with van der Waals surface area (Å²) in [6.45, 7) is 4.22. The summed E-state index contributed by atoms with van der Waals surface area (Å²) in [6.07, 6.45) is 7.89. The lowest BCUT2D eigenvalue weighted by Crippen LogP contribution is -2.56. The van der Waals surface area contributed by atoms with Gasteiger partial charge in [0.15, 0.2) is 6.61 Å². The van der Waals surface area contributed by atoms with E-state index in [9.17, 15) is 13.2 Å². The van der Waals surface area contributed by atoms with Gasteiger partial charge in [-0.25, -0.2) is 8.42 Å². The molecule has 1 N–H and O–H groups in total. The largest absolute Gasteiger partial charge is 0.484 e. The summed E-state index contributed by atoms with van der Waals surface area (Å²) in [4.78, 5) is 12.9. The minimum Gasteiger partial charge on any atom is -0.484 e. The van der Waals surface area contributed by atoms with Gasteiger partial charge in [0, 0.05) is 12.6 Å². The summed E-state index contributed by atoms with van der Waals surface area (Å²) in [5.41, 5.74) is 0.879. The number of ether oxygens (including phenoxy) is 1. The normalized spacial score (nSPS) is 27.9. The van der Waals surface area contributed by atoms with E-state index in [2.05, 4.69) is 12.2 Å². The molecule has 6 rings (SSSR count). The molecule has 0 heterocycles. The van der Waals surface area contributed by atoms with E-state index >= 15 is 0 Å². The Morgan fingerprint density at radius 2 is 1.57 bits per heavy atom. The van der Waals surface area contributed by atoms with Gasteiger partial charge < -0.3 is 10.1 Å². The van der Waals surface area contributed by atoms with Crippen LogP contribution in [-0.4, -0.2) is 33.5 Å². The molecule has 2 aromatic carbocycles. The van der Waals surface area contributed by atoms with Crippen LogP contribution in [0.5, 0.6) is 5.75 Å². The van der Waals surface area contributed by atoms with Crippen LogP contribution in [-0.2, 0) is 14.8 Å². The van der Waals surface area contributed by atoms with E-state index in [1.54, 1.807) is 24.3 Å². The number of nitrogens with zero attached hydrogens (tertiary/aromatic N) is 1. The lowest BCUT2D eigenvalue weighted by atomic mass is 9.48. The highest BCUT2D eigenvalue weighted by atomic mass is 32.2. The number of hydrogen-bond acceptors (Lipinski definition) is 4. The number of hydrogen-bond donors (Lipinski definition) is 1. The third-order valence-corrected chi connectivity index (χ3v) is 10.4. The Labute approximate surface area is 209 Å². The van der Waals surface area contributed by atoms with Gasteiger partial charge in [-0.3, -0.25) is 9.10 Å². The predicted molar refractivity (Wildman–Crippen MR) is 137 cm³/mol. The van der Waals surface area contributed by atoms with Crippen LogP contribution in [0.3, 0.4) is 0 Å². The molecule has 0 aliphatic heterocycles. The molecule has 188 valence electrons. The number of anilines is 1. The van der Waals surface area contributed by atoms with Crippen LogP contribution in [0.1, 0.15) is 52.4 Å². The van der Waals surface area contributed by atoms with Crippen molar-refractivity contribution < 1.29 is 17.9 Å². The van der Waals surface area contributed by atoms with E-state index in [1.807, 2.05) is 25.1 Å². The minimum absolute atomic E-state index is 0.0755. The summed E-state index contributed by atoms with van der Waals surface area (Å²) in [5.74, 6) is 2.89. The lowest BCUT2D eigenvalue weighted by molar-refractivity contribution is -0.127. The molecule has 4 fully saturated rings. The molecule has 0 saturated heterocycles. The SMILES string of the molecule is CCN(c1ccccc1)S(=O)(=O)c1ccc(OCC(=O)N[C@H](C)C23CC4CC(CC(C4)C2)C3)cc1. The predicted octanol–water partition coefficient (Wildman–Crippen LogP) is 5.00. The molecule has 4 aliphatic carbocycles. The summed E-state index contributed by atoms with van der Waals surface area (Å²) in [6, 6.07) is 15.5. The molecule has 35 heavy (non-hydrogen) atoms. The van der Waals surface area contributed by atoms with Crippen LogP contribution in [0.2, 0.25) is 0 Å². The van der Waals surface area contributed by atoms with E-state index in [0.717, 1.165) is 17.8 Å². The first-order valence-corrected chi connectivity index (χ1v) is 14.3. The molecular formula is C28H36N2O4S. The number of carbonyl (C=O) groups excluding carboxylic acids is 1. The zero-order chi connectivity index (χ0) is 24.6. The van der Waals surface area contributed by atoms with Crippen molar-refractivity contribution in [1.82, 2.24) is 5.32 Å². The fraction of sp³-hybridized carbons (Fsp3) is 0.536. The second kappa shape index (κ2) is 9.49. The quantitative estimate of drug-likeness (QED) is 0.530. The van der Waals surface area contributed by atoms with Crippen molar-refractivity contribution in [2.75, 3.05) is 17.5 Å². The van der Waals surface area contributed by atoms with Gasteiger partial charge in [-0.05, 0) is 112 Å². The van der Waals surface area contributed by atoms with Crippen molar-refractivity contribution in [3.05, 3.63) is 54.6 Å². The first-order chi connectivity index (χ1) is 16.8. The fourth-order valence-electron chi connectivity index (χ4n) is 7.21. The second-order valence-electron chi connectivity index (χ2n) is 10.8. The number of sulfonamides is 1. The zero-order valence-corrected chi connectivity index (χ0v) is 21.5. The topological polar surface area (TPSA) is 75.7 Å².